The van der Waals surface area contributed by atoms with Gasteiger partial charge >= 0.3 is 0 Å². The molecule has 1 saturated heterocycles. The summed E-state index contributed by atoms with van der Waals surface area (Å²) in [6.07, 6.45) is 2.56. The summed E-state index contributed by atoms with van der Waals surface area (Å²) in [5.74, 6) is 0. The number of rotatable bonds is 5. The third-order valence-corrected chi connectivity index (χ3v) is 4.43. The van der Waals surface area contributed by atoms with E-state index >= 15 is 0 Å². The monoisotopic (exact) mass is 268 g/mol. The van der Waals surface area contributed by atoms with Gasteiger partial charge in [0.1, 0.15) is 11.1 Å². The summed E-state index contributed by atoms with van der Waals surface area (Å²) >= 11 is 1.75. The Morgan fingerprint density at radius 3 is 2.67 bits per heavy atom. The molecule has 18 heavy (non-hydrogen) atoms. The van der Waals surface area contributed by atoms with Gasteiger partial charge in [-0.15, -0.1) is 11.3 Å². The van der Waals surface area contributed by atoms with Gasteiger partial charge in [-0.25, -0.2) is 4.98 Å². The van der Waals surface area contributed by atoms with E-state index in [1.54, 1.807) is 11.3 Å². The fraction of sp³-hybridized carbons (Fsp3) is 0.786. The van der Waals surface area contributed by atoms with E-state index in [-0.39, 0.29) is 6.10 Å². The Balaban J connectivity index is 2.00. The standard InChI is InChI=1S/C14H24N2OS/c1-10(2)16(11(3)4)8-12-9-18-14(15-12)13-6-5-7-17-13/h9-11,13H,5-8H2,1-4H3/t13-/m1/s1. The molecule has 0 unspecified atom stereocenters. The predicted octanol–water partition coefficient (Wildman–Crippen LogP) is 3.61. The van der Waals surface area contributed by atoms with Crippen LogP contribution in [0.25, 0.3) is 0 Å². The molecule has 0 amide bonds. The first kappa shape index (κ1) is 14.0. The van der Waals surface area contributed by atoms with Crippen molar-refractivity contribution in [3.63, 3.8) is 0 Å². The molecule has 0 N–H and O–H groups in total. The lowest BCUT2D eigenvalue weighted by Gasteiger charge is -2.29. The van der Waals surface area contributed by atoms with Crippen molar-refractivity contribution in [3.05, 3.63) is 16.1 Å². The molecule has 102 valence electrons. The van der Waals surface area contributed by atoms with E-state index in [1.165, 1.54) is 12.1 Å². The van der Waals surface area contributed by atoms with E-state index in [2.05, 4.69) is 38.0 Å². The summed E-state index contributed by atoms with van der Waals surface area (Å²) in [6.45, 7) is 10.8. The van der Waals surface area contributed by atoms with Gasteiger partial charge in [-0.05, 0) is 40.5 Å². The molecule has 2 heterocycles. The van der Waals surface area contributed by atoms with E-state index in [0.717, 1.165) is 24.6 Å². The van der Waals surface area contributed by atoms with Gasteiger partial charge in [-0.1, -0.05) is 0 Å². The molecule has 1 atom stereocenters. The van der Waals surface area contributed by atoms with E-state index in [9.17, 15) is 0 Å². The fourth-order valence-electron chi connectivity index (χ4n) is 2.46. The molecule has 1 aliphatic heterocycles. The maximum Gasteiger partial charge on any atom is 0.122 e. The van der Waals surface area contributed by atoms with Crippen LogP contribution in [0.15, 0.2) is 5.38 Å². The van der Waals surface area contributed by atoms with Crippen LogP contribution in [0.2, 0.25) is 0 Å². The summed E-state index contributed by atoms with van der Waals surface area (Å²) < 4.78 is 5.69. The van der Waals surface area contributed by atoms with Crippen molar-refractivity contribution in [1.29, 1.82) is 0 Å². The molecule has 1 fully saturated rings. The Kier molecular flexibility index (Phi) is 4.76. The van der Waals surface area contributed by atoms with Crippen molar-refractivity contribution in [1.82, 2.24) is 9.88 Å². The van der Waals surface area contributed by atoms with Crippen LogP contribution in [0.1, 0.15) is 57.3 Å². The molecular formula is C14H24N2OS. The van der Waals surface area contributed by atoms with Gasteiger partial charge in [0.2, 0.25) is 0 Å². The number of ether oxygens (including phenoxy) is 1. The SMILES string of the molecule is CC(C)N(Cc1csc([C@H]2CCCO2)n1)C(C)C. The van der Waals surface area contributed by atoms with E-state index in [1.807, 2.05) is 0 Å². The highest BCUT2D eigenvalue weighted by Crippen LogP contribution is 2.31. The molecule has 0 radical (unpaired) electrons. The van der Waals surface area contributed by atoms with Crippen LogP contribution in [0, 0.1) is 0 Å². The molecule has 0 saturated carbocycles. The van der Waals surface area contributed by atoms with Crippen LogP contribution >= 0.6 is 11.3 Å². The normalized spacial score (nSPS) is 20.5. The zero-order valence-corrected chi connectivity index (χ0v) is 12.7. The van der Waals surface area contributed by atoms with E-state index < -0.39 is 0 Å². The van der Waals surface area contributed by atoms with E-state index in [4.69, 9.17) is 9.72 Å². The summed E-state index contributed by atoms with van der Waals surface area (Å²) in [4.78, 5) is 7.22. The first-order chi connectivity index (χ1) is 8.58. The number of aromatic nitrogens is 1. The molecule has 1 aromatic rings. The number of hydrogen-bond donors (Lipinski definition) is 0. The molecular weight excluding hydrogens is 244 g/mol. The summed E-state index contributed by atoms with van der Waals surface area (Å²) in [7, 11) is 0. The van der Waals surface area contributed by atoms with Crippen LogP contribution < -0.4 is 0 Å². The third-order valence-electron chi connectivity index (χ3n) is 3.45. The van der Waals surface area contributed by atoms with Crippen molar-refractivity contribution in [2.45, 2.75) is 65.3 Å². The van der Waals surface area contributed by atoms with E-state index in [0.29, 0.717) is 12.1 Å². The average Bonchev–Trinajstić information content (AvgIpc) is 2.95. The quantitative estimate of drug-likeness (QED) is 0.815. The molecule has 1 aromatic heterocycles. The fourth-order valence-corrected chi connectivity index (χ4v) is 3.36. The highest BCUT2D eigenvalue weighted by Gasteiger charge is 2.22. The lowest BCUT2D eigenvalue weighted by atomic mass is 10.2. The van der Waals surface area contributed by atoms with Gasteiger partial charge in [0.15, 0.2) is 0 Å². The van der Waals surface area contributed by atoms with Gasteiger partial charge in [-0.2, -0.15) is 0 Å². The molecule has 2 rings (SSSR count). The molecule has 3 nitrogen and oxygen atoms in total. The zero-order valence-electron chi connectivity index (χ0n) is 11.8. The highest BCUT2D eigenvalue weighted by atomic mass is 32.1. The lowest BCUT2D eigenvalue weighted by molar-refractivity contribution is 0.111. The van der Waals surface area contributed by atoms with Crippen LogP contribution in [-0.4, -0.2) is 28.6 Å². The van der Waals surface area contributed by atoms with Gasteiger partial charge in [-0.3, -0.25) is 4.90 Å². The lowest BCUT2D eigenvalue weighted by Crippen LogP contribution is -2.36. The van der Waals surface area contributed by atoms with Crippen LogP contribution in [0.3, 0.4) is 0 Å². The third kappa shape index (κ3) is 3.31. The second kappa shape index (κ2) is 6.13. The number of hydrogen-bond acceptors (Lipinski definition) is 4. The minimum Gasteiger partial charge on any atom is -0.371 e. The smallest absolute Gasteiger partial charge is 0.122 e. The van der Waals surface area contributed by atoms with Gasteiger partial charge in [0, 0.05) is 30.6 Å². The van der Waals surface area contributed by atoms with Gasteiger partial charge in [0.25, 0.3) is 0 Å². The van der Waals surface area contributed by atoms with Crippen molar-refractivity contribution < 1.29 is 4.74 Å². The summed E-state index contributed by atoms with van der Waals surface area (Å²) in [5.41, 5.74) is 1.19. The number of nitrogens with zero attached hydrogens (tertiary/aromatic N) is 2. The minimum atomic E-state index is 0.260. The Hall–Kier alpha value is -0.450. The number of thiazole rings is 1. The van der Waals surface area contributed by atoms with Crippen LogP contribution in [0.4, 0.5) is 0 Å². The first-order valence-corrected chi connectivity index (χ1v) is 7.77. The van der Waals surface area contributed by atoms with Crippen LogP contribution in [-0.2, 0) is 11.3 Å². The van der Waals surface area contributed by atoms with Crippen molar-refractivity contribution in [2.24, 2.45) is 0 Å². The molecule has 0 spiro atoms. The Labute approximate surface area is 114 Å². The summed E-state index contributed by atoms with van der Waals surface area (Å²) in [5, 5.41) is 3.35. The summed E-state index contributed by atoms with van der Waals surface area (Å²) in [6, 6.07) is 1.11. The molecule has 0 bridgehead atoms. The largest absolute Gasteiger partial charge is 0.371 e. The van der Waals surface area contributed by atoms with Gasteiger partial charge in [0.05, 0.1) is 5.69 Å². The van der Waals surface area contributed by atoms with Gasteiger partial charge < -0.3 is 4.74 Å². The predicted molar refractivity (Wildman–Crippen MR) is 75.9 cm³/mol. The minimum absolute atomic E-state index is 0.260. The topological polar surface area (TPSA) is 25.4 Å². The Morgan fingerprint density at radius 2 is 2.11 bits per heavy atom. The highest BCUT2D eigenvalue weighted by molar-refractivity contribution is 7.09. The van der Waals surface area contributed by atoms with Crippen molar-refractivity contribution in [3.8, 4) is 0 Å². The molecule has 0 aliphatic carbocycles. The van der Waals surface area contributed by atoms with Crippen molar-refractivity contribution >= 4 is 11.3 Å². The van der Waals surface area contributed by atoms with Crippen LogP contribution in [0.5, 0.6) is 0 Å². The second-order valence-corrected chi connectivity index (χ2v) is 6.43. The second-order valence-electron chi connectivity index (χ2n) is 5.54. The maximum absolute atomic E-state index is 5.69. The molecule has 4 heteroatoms. The Morgan fingerprint density at radius 1 is 1.39 bits per heavy atom. The average molecular weight is 268 g/mol. The Bertz CT molecular complexity index is 362. The zero-order chi connectivity index (χ0) is 13.1. The van der Waals surface area contributed by atoms with Crippen molar-refractivity contribution in [2.75, 3.05) is 6.61 Å². The molecule has 1 aliphatic rings. The maximum atomic E-state index is 5.69. The first-order valence-electron chi connectivity index (χ1n) is 6.89. The molecule has 0 aromatic carbocycles.